The number of amides is 2. The molecule has 24 heavy (non-hydrogen) atoms. The summed E-state index contributed by atoms with van der Waals surface area (Å²) in [4.78, 5) is 36.7. The number of ketones is 1. The Hall–Kier alpha value is -2.66. The Morgan fingerprint density at radius 1 is 1.00 bits per heavy atom. The predicted molar refractivity (Wildman–Crippen MR) is 94.6 cm³/mol. The lowest BCUT2D eigenvalue weighted by molar-refractivity contribution is -0.120. The summed E-state index contributed by atoms with van der Waals surface area (Å²) in [6.45, 7) is 2.69. The molecule has 0 heterocycles. The summed E-state index contributed by atoms with van der Waals surface area (Å²) in [6, 6.07) is 13.4. The molecule has 2 amide bonds. The number of hydrogen-bond donors (Lipinski definition) is 1. The molecule has 0 radical (unpaired) electrons. The van der Waals surface area contributed by atoms with Crippen LogP contribution >= 0.6 is 11.6 Å². The van der Waals surface area contributed by atoms with Crippen LogP contribution in [-0.2, 0) is 9.59 Å². The second-order valence-electron chi connectivity index (χ2n) is 5.24. The van der Waals surface area contributed by atoms with E-state index in [0.717, 1.165) is 0 Å². The van der Waals surface area contributed by atoms with Crippen molar-refractivity contribution >= 4 is 40.6 Å². The summed E-state index contributed by atoms with van der Waals surface area (Å²) < 4.78 is 0. The van der Waals surface area contributed by atoms with Gasteiger partial charge in [-0.15, -0.1) is 0 Å². The van der Waals surface area contributed by atoms with Crippen molar-refractivity contribution in [3.05, 3.63) is 59.1 Å². The Morgan fingerprint density at radius 2 is 1.62 bits per heavy atom. The number of anilines is 2. The van der Waals surface area contributed by atoms with Crippen molar-refractivity contribution in [1.82, 2.24) is 0 Å². The largest absolute Gasteiger partial charge is 0.323 e. The van der Waals surface area contributed by atoms with E-state index >= 15 is 0 Å². The molecule has 0 spiro atoms. The third kappa shape index (κ3) is 4.43. The molecule has 0 unspecified atom stereocenters. The van der Waals surface area contributed by atoms with Gasteiger partial charge in [-0.2, -0.15) is 0 Å². The first-order valence-corrected chi connectivity index (χ1v) is 7.70. The minimum Gasteiger partial charge on any atom is -0.323 e. The van der Waals surface area contributed by atoms with E-state index in [1.54, 1.807) is 48.5 Å². The maximum atomic E-state index is 12.2. The van der Waals surface area contributed by atoms with Crippen LogP contribution in [0.1, 0.15) is 24.2 Å². The second kappa shape index (κ2) is 7.75. The summed E-state index contributed by atoms with van der Waals surface area (Å²) >= 11 is 6.00. The highest BCUT2D eigenvalue weighted by Crippen LogP contribution is 2.21. The Bertz CT molecular complexity index is 772. The molecule has 0 aliphatic rings. The van der Waals surface area contributed by atoms with E-state index in [9.17, 15) is 14.4 Å². The lowest BCUT2D eigenvalue weighted by Crippen LogP contribution is -2.36. The van der Waals surface area contributed by atoms with E-state index in [4.69, 9.17) is 11.6 Å². The van der Waals surface area contributed by atoms with Gasteiger partial charge in [-0.1, -0.05) is 23.7 Å². The molecule has 0 atom stereocenters. The molecule has 0 bridgehead atoms. The molecule has 0 saturated carbocycles. The molecule has 0 aromatic heterocycles. The fourth-order valence-electron chi connectivity index (χ4n) is 2.16. The molecule has 124 valence electrons. The smallest absolute Gasteiger partial charge is 0.244 e. The number of carbonyl (C=O) groups excluding carboxylic acids is 3. The zero-order valence-electron chi connectivity index (χ0n) is 13.4. The lowest BCUT2D eigenvalue weighted by atomic mass is 10.1. The molecule has 6 heteroatoms. The zero-order chi connectivity index (χ0) is 17.7. The van der Waals surface area contributed by atoms with Gasteiger partial charge in [0.2, 0.25) is 11.8 Å². The van der Waals surface area contributed by atoms with Crippen LogP contribution in [0.3, 0.4) is 0 Å². The SMILES string of the molecule is CC(=O)c1ccc(N(CC(=O)Nc2ccccc2Cl)C(C)=O)cc1. The van der Waals surface area contributed by atoms with Gasteiger partial charge in [0.25, 0.3) is 0 Å². The Labute approximate surface area is 145 Å². The van der Waals surface area contributed by atoms with E-state index in [1.165, 1.54) is 18.7 Å². The van der Waals surface area contributed by atoms with E-state index in [2.05, 4.69) is 5.32 Å². The van der Waals surface area contributed by atoms with Crippen LogP contribution in [0.25, 0.3) is 0 Å². The molecule has 2 rings (SSSR count). The Morgan fingerprint density at radius 3 is 2.17 bits per heavy atom. The Kier molecular flexibility index (Phi) is 5.71. The minimum absolute atomic E-state index is 0.0626. The van der Waals surface area contributed by atoms with Crippen LogP contribution < -0.4 is 10.2 Å². The monoisotopic (exact) mass is 344 g/mol. The number of halogens is 1. The van der Waals surface area contributed by atoms with Crippen molar-refractivity contribution in [3.63, 3.8) is 0 Å². The van der Waals surface area contributed by atoms with Crippen molar-refractivity contribution in [2.24, 2.45) is 0 Å². The zero-order valence-corrected chi connectivity index (χ0v) is 14.1. The first-order chi connectivity index (χ1) is 11.4. The molecule has 0 fully saturated rings. The van der Waals surface area contributed by atoms with Gasteiger partial charge in [0.05, 0.1) is 10.7 Å². The summed E-state index contributed by atoms with van der Waals surface area (Å²) in [5, 5.41) is 3.10. The number of rotatable bonds is 5. The second-order valence-corrected chi connectivity index (χ2v) is 5.64. The first-order valence-electron chi connectivity index (χ1n) is 7.32. The third-order valence-electron chi connectivity index (χ3n) is 3.42. The van der Waals surface area contributed by atoms with Crippen molar-refractivity contribution < 1.29 is 14.4 Å². The predicted octanol–water partition coefficient (Wildman–Crippen LogP) is 3.53. The van der Waals surface area contributed by atoms with Gasteiger partial charge < -0.3 is 10.2 Å². The molecule has 1 N–H and O–H groups in total. The number of hydrogen-bond acceptors (Lipinski definition) is 3. The van der Waals surface area contributed by atoms with Crippen LogP contribution in [0.5, 0.6) is 0 Å². The average molecular weight is 345 g/mol. The van der Waals surface area contributed by atoms with Gasteiger partial charge in [-0.25, -0.2) is 0 Å². The summed E-state index contributed by atoms with van der Waals surface area (Å²) in [7, 11) is 0. The highest BCUT2D eigenvalue weighted by Gasteiger charge is 2.16. The lowest BCUT2D eigenvalue weighted by Gasteiger charge is -2.21. The number of nitrogens with zero attached hydrogens (tertiary/aromatic N) is 1. The number of nitrogens with one attached hydrogen (secondary N) is 1. The van der Waals surface area contributed by atoms with Crippen LogP contribution in [0.4, 0.5) is 11.4 Å². The van der Waals surface area contributed by atoms with E-state index < -0.39 is 0 Å². The van der Waals surface area contributed by atoms with Gasteiger partial charge in [-0.05, 0) is 43.3 Å². The molecule has 2 aromatic rings. The van der Waals surface area contributed by atoms with Crippen LogP contribution in [-0.4, -0.2) is 24.1 Å². The number of para-hydroxylation sites is 1. The Balaban J connectivity index is 2.13. The van der Waals surface area contributed by atoms with E-state index in [1.807, 2.05) is 0 Å². The van der Waals surface area contributed by atoms with Crippen molar-refractivity contribution in [1.29, 1.82) is 0 Å². The van der Waals surface area contributed by atoms with E-state index in [0.29, 0.717) is 22.0 Å². The minimum atomic E-state index is -0.367. The average Bonchev–Trinajstić information content (AvgIpc) is 2.54. The van der Waals surface area contributed by atoms with Crippen molar-refractivity contribution in [3.8, 4) is 0 Å². The van der Waals surface area contributed by atoms with Crippen LogP contribution in [0.2, 0.25) is 5.02 Å². The topological polar surface area (TPSA) is 66.5 Å². The number of carbonyl (C=O) groups is 3. The fraction of sp³-hybridized carbons (Fsp3) is 0.167. The van der Waals surface area contributed by atoms with Gasteiger partial charge in [0, 0.05) is 18.2 Å². The fourth-order valence-corrected chi connectivity index (χ4v) is 2.34. The highest BCUT2D eigenvalue weighted by atomic mass is 35.5. The number of benzene rings is 2. The van der Waals surface area contributed by atoms with E-state index in [-0.39, 0.29) is 24.1 Å². The molecule has 0 aliphatic carbocycles. The first kappa shape index (κ1) is 17.7. The summed E-state index contributed by atoms with van der Waals surface area (Å²) in [5.41, 5.74) is 1.57. The molecule has 2 aromatic carbocycles. The summed E-state index contributed by atoms with van der Waals surface area (Å²) in [6.07, 6.45) is 0. The highest BCUT2D eigenvalue weighted by molar-refractivity contribution is 6.33. The quantitative estimate of drug-likeness (QED) is 0.844. The maximum Gasteiger partial charge on any atom is 0.244 e. The molecular formula is C18H17ClN2O3. The van der Waals surface area contributed by atoms with Gasteiger partial charge in [-0.3, -0.25) is 14.4 Å². The third-order valence-corrected chi connectivity index (χ3v) is 3.74. The van der Waals surface area contributed by atoms with Crippen LogP contribution in [0.15, 0.2) is 48.5 Å². The van der Waals surface area contributed by atoms with Gasteiger partial charge in [0.15, 0.2) is 5.78 Å². The van der Waals surface area contributed by atoms with Crippen molar-refractivity contribution in [2.45, 2.75) is 13.8 Å². The molecule has 0 saturated heterocycles. The molecular weight excluding hydrogens is 328 g/mol. The van der Waals surface area contributed by atoms with Crippen molar-refractivity contribution in [2.75, 3.05) is 16.8 Å². The van der Waals surface area contributed by atoms with Gasteiger partial charge >= 0.3 is 0 Å². The molecule has 0 aliphatic heterocycles. The number of Topliss-reactive ketones (excluding diaryl/α,β-unsaturated/α-hetero) is 1. The molecule has 5 nitrogen and oxygen atoms in total. The van der Waals surface area contributed by atoms with Crippen LogP contribution in [0, 0.1) is 0 Å². The standard InChI is InChI=1S/C18H17ClN2O3/c1-12(22)14-7-9-15(10-8-14)21(13(2)23)11-18(24)20-17-6-4-3-5-16(17)19/h3-10H,11H2,1-2H3,(H,20,24). The maximum absolute atomic E-state index is 12.2. The van der Waals surface area contributed by atoms with Gasteiger partial charge in [0.1, 0.15) is 6.54 Å². The summed E-state index contributed by atoms with van der Waals surface area (Å²) in [5.74, 6) is -0.707. The normalized spacial score (nSPS) is 10.1.